The fourth-order valence-electron chi connectivity index (χ4n) is 1.87. The van der Waals surface area contributed by atoms with Gasteiger partial charge in [0.15, 0.2) is 5.78 Å². The molecule has 84 valence electrons. The zero-order valence-corrected chi connectivity index (χ0v) is 10.5. The van der Waals surface area contributed by atoms with Gasteiger partial charge in [-0.25, -0.2) is 0 Å². The summed E-state index contributed by atoms with van der Waals surface area (Å²) in [6.45, 7) is 0. The standard InChI is InChI=1S/C13H13BrO2/c14-11-8-9(5-6-13(11)16)7-10-3-1-2-4-12(10)15/h5-8,16H,1-4H2/b10-7+. The minimum absolute atomic E-state index is 0.220. The van der Waals surface area contributed by atoms with Crippen molar-refractivity contribution in [2.45, 2.75) is 25.7 Å². The van der Waals surface area contributed by atoms with E-state index in [0.29, 0.717) is 10.9 Å². The van der Waals surface area contributed by atoms with Crippen LogP contribution in [0.15, 0.2) is 28.2 Å². The van der Waals surface area contributed by atoms with Crippen molar-refractivity contribution in [2.75, 3.05) is 0 Å². The molecule has 1 aromatic carbocycles. The number of phenols is 1. The summed E-state index contributed by atoms with van der Waals surface area (Å²) in [5.74, 6) is 0.479. The molecule has 0 aromatic heterocycles. The van der Waals surface area contributed by atoms with Crippen molar-refractivity contribution in [2.24, 2.45) is 0 Å². The van der Waals surface area contributed by atoms with E-state index in [4.69, 9.17) is 0 Å². The number of benzene rings is 1. The molecule has 0 radical (unpaired) electrons. The number of carbonyl (C=O) groups excluding carboxylic acids is 1. The van der Waals surface area contributed by atoms with Crippen molar-refractivity contribution in [3.63, 3.8) is 0 Å². The van der Waals surface area contributed by atoms with E-state index in [2.05, 4.69) is 15.9 Å². The molecule has 0 atom stereocenters. The van der Waals surface area contributed by atoms with Crippen LogP contribution in [0.5, 0.6) is 5.75 Å². The molecule has 16 heavy (non-hydrogen) atoms. The third-order valence-electron chi connectivity index (χ3n) is 2.77. The lowest BCUT2D eigenvalue weighted by atomic mass is 9.92. The number of hydrogen-bond acceptors (Lipinski definition) is 2. The van der Waals surface area contributed by atoms with Gasteiger partial charge in [-0.15, -0.1) is 0 Å². The van der Waals surface area contributed by atoms with Crippen molar-refractivity contribution >= 4 is 27.8 Å². The van der Waals surface area contributed by atoms with Crippen LogP contribution in [-0.2, 0) is 4.79 Å². The predicted octanol–water partition coefficient (Wildman–Crippen LogP) is 3.68. The molecule has 0 aliphatic heterocycles. The molecule has 1 aliphatic carbocycles. The van der Waals surface area contributed by atoms with Gasteiger partial charge in [-0.2, -0.15) is 0 Å². The Balaban J connectivity index is 2.27. The van der Waals surface area contributed by atoms with Crippen LogP contribution in [-0.4, -0.2) is 10.9 Å². The zero-order valence-electron chi connectivity index (χ0n) is 8.87. The van der Waals surface area contributed by atoms with Crippen molar-refractivity contribution in [1.82, 2.24) is 0 Å². The molecule has 1 aliphatic rings. The normalized spacial score (nSPS) is 19.1. The van der Waals surface area contributed by atoms with Crippen LogP contribution in [0, 0.1) is 0 Å². The molecule has 0 bridgehead atoms. The third kappa shape index (κ3) is 2.53. The van der Waals surface area contributed by atoms with Gasteiger partial charge >= 0.3 is 0 Å². The van der Waals surface area contributed by atoms with Crippen molar-refractivity contribution in [1.29, 1.82) is 0 Å². The fourth-order valence-corrected chi connectivity index (χ4v) is 2.26. The van der Waals surface area contributed by atoms with Gasteiger partial charge in [0.1, 0.15) is 5.75 Å². The number of hydrogen-bond donors (Lipinski definition) is 1. The number of Topliss-reactive ketones (excluding diaryl/α,β-unsaturated/α-hetero) is 1. The second-order valence-electron chi connectivity index (χ2n) is 4.01. The average molecular weight is 281 g/mol. The van der Waals surface area contributed by atoms with Crippen LogP contribution < -0.4 is 0 Å². The molecule has 0 spiro atoms. The van der Waals surface area contributed by atoms with Crippen LogP contribution >= 0.6 is 15.9 Å². The van der Waals surface area contributed by atoms with Gasteiger partial charge < -0.3 is 5.11 Å². The molecule has 1 saturated carbocycles. The van der Waals surface area contributed by atoms with Crippen molar-refractivity contribution < 1.29 is 9.90 Å². The van der Waals surface area contributed by atoms with E-state index in [1.807, 2.05) is 18.2 Å². The first kappa shape index (κ1) is 11.4. The summed E-state index contributed by atoms with van der Waals surface area (Å²) in [4.78, 5) is 11.6. The summed E-state index contributed by atoms with van der Waals surface area (Å²) in [5.41, 5.74) is 1.86. The van der Waals surface area contributed by atoms with E-state index in [1.54, 1.807) is 6.07 Å². The highest BCUT2D eigenvalue weighted by atomic mass is 79.9. The maximum absolute atomic E-state index is 11.6. The Bertz CT molecular complexity index is 449. The van der Waals surface area contributed by atoms with Gasteiger partial charge in [-0.1, -0.05) is 6.07 Å². The van der Waals surface area contributed by atoms with Crippen molar-refractivity contribution in [3.05, 3.63) is 33.8 Å². The Morgan fingerprint density at radius 2 is 2.00 bits per heavy atom. The maximum atomic E-state index is 11.6. The largest absolute Gasteiger partial charge is 0.507 e. The number of halogens is 1. The summed E-state index contributed by atoms with van der Waals surface area (Å²) < 4.78 is 0.658. The highest BCUT2D eigenvalue weighted by molar-refractivity contribution is 9.10. The summed E-state index contributed by atoms with van der Waals surface area (Å²) >= 11 is 3.26. The molecule has 0 unspecified atom stereocenters. The van der Waals surface area contributed by atoms with Gasteiger partial charge in [-0.05, 0) is 64.5 Å². The minimum Gasteiger partial charge on any atom is -0.507 e. The molecule has 1 aromatic rings. The molecular weight excluding hydrogens is 268 g/mol. The van der Waals surface area contributed by atoms with Crippen LogP contribution in [0.1, 0.15) is 31.2 Å². The number of allylic oxidation sites excluding steroid dienone is 1. The number of carbonyl (C=O) groups is 1. The van der Waals surface area contributed by atoms with Gasteiger partial charge in [0.05, 0.1) is 4.47 Å². The molecule has 0 heterocycles. The van der Waals surface area contributed by atoms with E-state index in [1.165, 1.54) is 0 Å². The maximum Gasteiger partial charge on any atom is 0.158 e. The first-order valence-corrected chi connectivity index (χ1v) is 6.18. The smallest absolute Gasteiger partial charge is 0.158 e. The van der Waals surface area contributed by atoms with Crippen LogP contribution in [0.3, 0.4) is 0 Å². The van der Waals surface area contributed by atoms with Gasteiger partial charge in [0, 0.05) is 6.42 Å². The van der Waals surface area contributed by atoms with Crippen molar-refractivity contribution in [3.8, 4) is 5.75 Å². The summed E-state index contributed by atoms with van der Waals surface area (Å²) in [5, 5.41) is 9.37. The molecule has 1 N–H and O–H groups in total. The quantitative estimate of drug-likeness (QED) is 0.797. The molecule has 3 heteroatoms. The average Bonchev–Trinajstić information content (AvgIpc) is 2.27. The van der Waals surface area contributed by atoms with Crippen LogP contribution in [0.25, 0.3) is 6.08 Å². The summed E-state index contributed by atoms with van der Waals surface area (Å²) in [6, 6.07) is 5.27. The first-order chi connectivity index (χ1) is 7.66. The second kappa shape index (κ2) is 4.83. The SMILES string of the molecule is O=C1CCCC/C1=C\c1ccc(O)c(Br)c1. The highest BCUT2D eigenvalue weighted by Crippen LogP contribution is 2.27. The summed E-state index contributed by atoms with van der Waals surface area (Å²) in [7, 11) is 0. The number of phenolic OH excluding ortho intramolecular Hbond substituents is 1. The number of aromatic hydroxyl groups is 1. The Morgan fingerprint density at radius 1 is 1.25 bits per heavy atom. The van der Waals surface area contributed by atoms with E-state index in [0.717, 1.165) is 30.4 Å². The second-order valence-corrected chi connectivity index (χ2v) is 4.87. The van der Waals surface area contributed by atoms with Gasteiger partial charge in [-0.3, -0.25) is 4.79 Å². The Labute approximate surface area is 103 Å². The molecular formula is C13H13BrO2. The predicted molar refractivity (Wildman–Crippen MR) is 67.3 cm³/mol. The molecule has 2 rings (SSSR count). The minimum atomic E-state index is 0.220. The molecule has 0 amide bonds. The Morgan fingerprint density at radius 3 is 2.69 bits per heavy atom. The Kier molecular flexibility index (Phi) is 3.44. The lowest BCUT2D eigenvalue weighted by molar-refractivity contribution is -0.116. The lowest BCUT2D eigenvalue weighted by Gasteiger charge is -2.12. The molecule has 2 nitrogen and oxygen atoms in total. The van der Waals surface area contributed by atoms with E-state index in [-0.39, 0.29) is 11.5 Å². The lowest BCUT2D eigenvalue weighted by Crippen LogP contribution is -2.07. The van der Waals surface area contributed by atoms with E-state index >= 15 is 0 Å². The Hall–Kier alpha value is -1.09. The number of rotatable bonds is 1. The molecule has 1 fully saturated rings. The first-order valence-electron chi connectivity index (χ1n) is 5.39. The van der Waals surface area contributed by atoms with Crippen LogP contribution in [0.4, 0.5) is 0 Å². The van der Waals surface area contributed by atoms with Crippen LogP contribution in [0.2, 0.25) is 0 Å². The van der Waals surface area contributed by atoms with E-state index in [9.17, 15) is 9.90 Å². The van der Waals surface area contributed by atoms with E-state index < -0.39 is 0 Å². The highest BCUT2D eigenvalue weighted by Gasteiger charge is 2.14. The topological polar surface area (TPSA) is 37.3 Å². The fraction of sp³-hybridized carbons (Fsp3) is 0.308. The van der Waals surface area contributed by atoms with Gasteiger partial charge in [0.2, 0.25) is 0 Å². The zero-order chi connectivity index (χ0) is 11.5. The third-order valence-corrected chi connectivity index (χ3v) is 3.41. The van der Waals surface area contributed by atoms with Gasteiger partial charge in [0.25, 0.3) is 0 Å². The summed E-state index contributed by atoms with van der Waals surface area (Å²) in [6.07, 6.45) is 5.57. The molecule has 0 saturated heterocycles. The monoisotopic (exact) mass is 280 g/mol. The number of ketones is 1.